The predicted octanol–water partition coefficient (Wildman–Crippen LogP) is 3.76. The molecular formula is C23H33N3O3. The molecular weight excluding hydrogens is 366 g/mol. The molecule has 158 valence electrons. The Morgan fingerprint density at radius 1 is 1.17 bits per heavy atom. The lowest BCUT2D eigenvalue weighted by Crippen LogP contribution is -2.47. The monoisotopic (exact) mass is 399 g/mol. The summed E-state index contributed by atoms with van der Waals surface area (Å²) in [6.07, 6.45) is 8.10. The van der Waals surface area contributed by atoms with E-state index in [0.29, 0.717) is 6.04 Å². The van der Waals surface area contributed by atoms with Crippen LogP contribution in [0.25, 0.3) is 10.9 Å². The molecule has 2 aliphatic rings. The van der Waals surface area contributed by atoms with Crippen LogP contribution in [0.15, 0.2) is 24.4 Å². The van der Waals surface area contributed by atoms with Gasteiger partial charge in [-0.3, -0.25) is 4.57 Å². The third-order valence-corrected chi connectivity index (χ3v) is 6.44. The lowest BCUT2D eigenvalue weighted by atomic mass is 9.90. The van der Waals surface area contributed by atoms with Crippen LogP contribution in [0.1, 0.15) is 37.7 Å². The first-order chi connectivity index (χ1) is 14.0. The second-order valence-corrected chi connectivity index (χ2v) is 8.66. The topological polar surface area (TPSA) is 46.9 Å². The first kappa shape index (κ1) is 20.2. The van der Waals surface area contributed by atoms with Crippen molar-refractivity contribution in [1.29, 1.82) is 0 Å². The molecule has 0 unspecified atom stereocenters. The van der Waals surface area contributed by atoms with Gasteiger partial charge < -0.3 is 19.3 Å². The fourth-order valence-electron chi connectivity index (χ4n) is 4.53. The molecule has 2 fully saturated rings. The molecule has 6 heteroatoms. The highest BCUT2D eigenvalue weighted by Gasteiger charge is 2.30. The minimum absolute atomic E-state index is 0.0216. The first-order valence-electron chi connectivity index (χ1n) is 10.8. The molecule has 2 aromatic rings. The van der Waals surface area contributed by atoms with Gasteiger partial charge in [0.15, 0.2) is 0 Å². The second-order valence-electron chi connectivity index (χ2n) is 8.66. The number of ether oxygens (including phenoxy) is 2. The Morgan fingerprint density at radius 2 is 1.93 bits per heavy atom. The number of carbonyl (C=O) groups is 1. The van der Waals surface area contributed by atoms with E-state index in [9.17, 15) is 4.79 Å². The summed E-state index contributed by atoms with van der Waals surface area (Å²) in [5.74, 6) is 0.749. The van der Waals surface area contributed by atoms with Gasteiger partial charge in [0.2, 0.25) is 0 Å². The molecule has 0 amide bonds. The molecule has 1 aromatic heterocycles. The van der Waals surface area contributed by atoms with Crippen molar-refractivity contribution in [2.75, 3.05) is 40.8 Å². The SMILES string of the molecule is COc1ccc2c(CCN(C)C)cn(C(=O)OC3CCC(N4CCC4)CC3)c2c1. The number of likely N-dealkylation sites (tertiary alicyclic amines) is 1. The zero-order valence-corrected chi connectivity index (χ0v) is 17.9. The number of methoxy groups -OCH3 is 1. The minimum Gasteiger partial charge on any atom is -0.497 e. The van der Waals surface area contributed by atoms with E-state index < -0.39 is 0 Å². The van der Waals surface area contributed by atoms with Crippen LogP contribution < -0.4 is 4.74 Å². The highest BCUT2D eigenvalue weighted by molar-refractivity contribution is 5.92. The average molecular weight is 400 g/mol. The number of nitrogens with zero attached hydrogens (tertiary/aromatic N) is 3. The largest absolute Gasteiger partial charge is 0.497 e. The third kappa shape index (κ3) is 4.43. The number of aromatic nitrogens is 1. The Balaban J connectivity index is 1.48. The second kappa shape index (κ2) is 8.76. The summed E-state index contributed by atoms with van der Waals surface area (Å²) in [7, 11) is 5.77. The fraction of sp³-hybridized carbons (Fsp3) is 0.609. The van der Waals surface area contributed by atoms with Gasteiger partial charge in [-0.15, -0.1) is 0 Å². The summed E-state index contributed by atoms with van der Waals surface area (Å²) in [4.78, 5) is 17.8. The lowest BCUT2D eigenvalue weighted by Gasteiger charge is -2.41. The van der Waals surface area contributed by atoms with Gasteiger partial charge in [0.25, 0.3) is 0 Å². The number of likely N-dealkylation sites (N-methyl/N-ethyl adjacent to an activating group) is 1. The maximum atomic E-state index is 13.0. The predicted molar refractivity (Wildman–Crippen MR) is 115 cm³/mol. The van der Waals surface area contributed by atoms with Crippen molar-refractivity contribution in [2.24, 2.45) is 0 Å². The number of benzene rings is 1. The van der Waals surface area contributed by atoms with Crippen LogP contribution in [-0.4, -0.2) is 73.4 Å². The highest BCUT2D eigenvalue weighted by atomic mass is 16.6. The zero-order valence-electron chi connectivity index (χ0n) is 17.9. The van der Waals surface area contributed by atoms with Gasteiger partial charge in [0, 0.05) is 30.2 Å². The van der Waals surface area contributed by atoms with E-state index in [1.165, 1.54) is 19.5 Å². The third-order valence-electron chi connectivity index (χ3n) is 6.44. The van der Waals surface area contributed by atoms with E-state index in [1.54, 1.807) is 11.7 Å². The molecule has 1 saturated carbocycles. The van der Waals surface area contributed by atoms with Crippen LogP contribution in [0.4, 0.5) is 4.79 Å². The summed E-state index contributed by atoms with van der Waals surface area (Å²) < 4.78 is 13.0. The molecule has 1 aliphatic carbocycles. The molecule has 0 bridgehead atoms. The number of carbonyl (C=O) groups excluding carboxylic acids is 1. The van der Waals surface area contributed by atoms with Crippen LogP contribution in [-0.2, 0) is 11.2 Å². The quantitative estimate of drug-likeness (QED) is 0.740. The molecule has 1 aliphatic heterocycles. The Bertz CT molecular complexity index is 848. The molecule has 0 N–H and O–H groups in total. The van der Waals surface area contributed by atoms with Crippen LogP contribution in [0.5, 0.6) is 5.75 Å². The Labute approximate surface area is 173 Å². The number of hydrogen-bond acceptors (Lipinski definition) is 5. The van der Waals surface area contributed by atoms with Gasteiger partial charge in [-0.1, -0.05) is 0 Å². The van der Waals surface area contributed by atoms with Crippen molar-refractivity contribution in [3.05, 3.63) is 30.0 Å². The summed E-state index contributed by atoms with van der Waals surface area (Å²) in [5, 5.41) is 1.09. The van der Waals surface area contributed by atoms with Crippen molar-refractivity contribution in [2.45, 2.75) is 50.7 Å². The fourth-order valence-corrected chi connectivity index (χ4v) is 4.53. The van der Waals surface area contributed by atoms with Crippen molar-refractivity contribution in [3.8, 4) is 5.75 Å². The minimum atomic E-state index is -0.272. The first-order valence-corrected chi connectivity index (χ1v) is 10.8. The smallest absolute Gasteiger partial charge is 0.418 e. The molecule has 6 nitrogen and oxygen atoms in total. The molecule has 0 radical (unpaired) electrons. The Morgan fingerprint density at radius 3 is 2.55 bits per heavy atom. The maximum absolute atomic E-state index is 13.0. The zero-order chi connectivity index (χ0) is 20.4. The molecule has 2 heterocycles. The summed E-state index contributed by atoms with van der Waals surface area (Å²) in [6, 6.07) is 6.61. The van der Waals surface area contributed by atoms with E-state index in [0.717, 1.165) is 60.9 Å². The molecule has 1 aromatic carbocycles. The lowest BCUT2D eigenvalue weighted by molar-refractivity contribution is 0.0307. The maximum Gasteiger partial charge on any atom is 0.418 e. The van der Waals surface area contributed by atoms with E-state index >= 15 is 0 Å². The van der Waals surface area contributed by atoms with Crippen LogP contribution in [0, 0.1) is 0 Å². The molecule has 4 rings (SSSR count). The van der Waals surface area contributed by atoms with Crippen LogP contribution >= 0.6 is 0 Å². The van der Waals surface area contributed by atoms with Crippen LogP contribution in [0.2, 0.25) is 0 Å². The molecule has 1 saturated heterocycles. The van der Waals surface area contributed by atoms with E-state index in [1.807, 2.05) is 24.4 Å². The van der Waals surface area contributed by atoms with Gasteiger partial charge >= 0.3 is 6.09 Å². The van der Waals surface area contributed by atoms with Crippen molar-refractivity contribution in [3.63, 3.8) is 0 Å². The van der Waals surface area contributed by atoms with Gasteiger partial charge in [-0.05, 0) is 83.4 Å². The standard InChI is InChI=1S/C23H33N3O3/c1-24(2)14-11-17-16-26(22-15-20(28-3)9-10-21(17)22)23(27)29-19-7-5-18(6-8-19)25-12-4-13-25/h9-10,15-16,18-19H,4-8,11-14H2,1-3H3. The highest BCUT2D eigenvalue weighted by Crippen LogP contribution is 2.30. The van der Waals surface area contributed by atoms with Gasteiger partial charge in [-0.25, -0.2) is 4.79 Å². The average Bonchev–Trinajstić information content (AvgIpc) is 3.04. The van der Waals surface area contributed by atoms with Crippen molar-refractivity contribution < 1.29 is 14.3 Å². The van der Waals surface area contributed by atoms with E-state index in [-0.39, 0.29) is 12.2 Å². The summed E-state index contributed by atoms with van der Waals surface area (Å²) in [6.45, 7) is 3.41. The number of hydrogen-bond donors (Lipinski definition) is 0. The number of fused-ring (bicyclic) bond motifs is 1. The van der Waals surface area contributed by atoms with E-state index in [4.69, 9.17) is 9.47 Å². The van der Waals surface area contributed by atoms with E-state index in [2.05, 4.69) is 23.9 Å². The number of rotatable bonds is 6. The van der Waals surface area contributed by atoms with Crippen LogP contribution in [0.3, 0.4) is 0 Å². The van der Waals surface area contributed by atoms with Crippen molar-refractivity contribution >= 4 is 17.0 Å². The Hall–Kier alpha value is -2.05. The van der Waals surface area contributed by atoms with Gasteiger partial charge in [-0.2, -0.15) is 0 Å². The van der Waals surface area contributed by atoms with Crippen molar-refractivity contribution in [1.82, 2.24) is 14.4 Å². The Kier molecular flexibility index (Phi) is 6.11. The molecule has 0 atom stereocenters. The summed E-state index contributed by atoms with van der Waals surface area (Å²) in [5.41, 5.74) is 2.02. The van der Waals surface area contributed by atoms with Gasteiger partial charge in [0.1, 0.15) is 11.9 Å². The molecule has 29 heavy (non-hydrogen) atoms. The normalized spacial score (nSPS) is 22.6. The van der Waals surface area contributed by atoms with Gasteiger partial charge in [0.05, 0.1) is 12.6 Å². The molecule has 0 spiro atoms. The summed E-state index contributed by atoms with van der Waals surface area (Å²) >= 11 is 0.